The maximum Gasteiger partial charge on any atom is 0.251 e. The molecule has 0 aliphatic carbocycles. The van der Waals surface area contributed by atoms with Gasteiger partial charge in [-0.3, -0.25) is 9.59 Å². The molecule has 29 heavy (non-hydrogen) atoms. The van der Waals surface area contributed by atoms with Crippen molar-refractivity contribution in [1.29, 1.82) is 0 Å². The summed E-state index contributed by atoms with van der Waals surface area (Å²) in [5.74, 6) is -0.236. The van der Waals surface area contributed by atoms with Crippen LogP contribution in [0, 0.1) is 0 Å². The van der Waals surface area contributed by atoms with Crippen molar-refractivity contribution in [3.8, 4) is 0 Å². The van der Waals surface area contributed by atoms with Gasteiger partial charge in [-0.2, -0.15) is 0 Å². The SMILES string of the molecule is CN(C)Cc1ccc(CNC(=O)CCNC(=O)c2ccc(C(C)(C)C)cc2)cc1. The number of amides is 2. The van der Waals surface area contributed by atoms with Gasteiger partial charge in [0.15, 0.2) is 0 Å². The van der Waals surface area contributed by atoms with Gasteiger partial charge in [0.05, 0.1) is 0 Å². The van der Waals surface area contributed by atoms with Crippen LogP contribution in [0.25, 0.3) is 0 Å². The summed E-state index contributed by atoms with van der Waals surface area (Å²) in [5, 5.41) is 5.70. The summed E-state index contributed by atoms with van der Waals surface area (Å²) in [7, 11) is 4.07. The summed E-state index contributed by atoms with van der Waals surface area (Å²) in [6.45, 7) is 8.11. The van der Waals surface area contributed by atoms with E-state index in [4.69, 9.17) is 0 Å². The molecule has 0 aliphatic rings. The smallest absolute Gasteiger partial charge is 0.251 e. The Morgan fingerprint density at radius 2 is 1.45 bits per heavy atom. The summed E-state index contributed by atoms with van der Waals surface area (Å²) < 4.78 is 0. The molecule has 0 atom stereocenters. The molecule has 0 saturated carbocycles. The lowest BCUT2D eigenvalue weighted by Crippen LogP contribution is -2.30. The van der Waals surface area contributed by atoms with Crippen molar-refractivity contribution in [2.75, 3.05) is 20.6 Å². The second kappa shape index (κ2) is 10.2. The fraction of sp³-hybridized carbons (Fsp3) is 0.417. The lowest BCUT2D eigenvalue weighted by Gasteiger charge is -2.19. The number of nitrogens with zero attached hydrogens (tertiary/aromatic N) is 1. The Balaban J connectivity index is 1.72. The normalized spacial score (nSPS) is 11.4. The van der Waals surface area contributed by atoms with Crippen LogP contribution in [0.1, 0.15) is 54.2 Å². The maximum absolute atomic E-state index is 12.2. The van der Waals surface area contributed by atoms with Gasteiger partial charge in [0.2, 0.25) is 5.91 Å². The number of rotatable bonds is 8. The molecule has 5 heteroatoms. The van der Waals surface area contributed by atoms with Crippen molar-refractivity contribution in [2.45, 2.75) is 45.7 Å². The van der Waals surface area contributed by atoms with Crippen molar-refractivity contribution in [2.24, 2.45) is 0 Å². The standard InChI is InChI=1S/C24H33N3O2/c1-24(2,3)21-12-10-20(11-13-21)23(29)25-15-14-22(28)26-16-18-6-8-19(9-7-18)17-27(4)5/h6-13H,14-17H2,1-5H3,(H,25,29)(H,26,28). The molecule has 5 nitrogen and oxygen atoms in total. The minimum absolute atomic E-state index is 0.0553. The van der Waals surface area contributed by atoms with Crippen molar-refractivity contribution in [3.63, 3.8) is 0 Å². The highest BCUT2D eigenvalue weighted by molar-refractivity contribution is 5.94. The lowest BCUT2D eigenvalue weighted by molar-refractivity contribution is -0.121. The molecule has 0 aliphatic heterocycles. The Hall–Kier alpha value is -2.66. The second-order valence-electron chi connectivity index (χ2n) is 8.66. The maximum atomic E-state index is 12.2. The molecule has 0 aromatic heterocycles. The molecule has 2 N–H and O–H groups in total. The first-order valence-electron chi connectivity index (χ1n) is 10.0. The van der Waals surface area contributed by atoms with Crippen LogP contribution in [0.2, 0.25) is 0 Å². The van der Waals surface area contributed by atoms with Crippen LogP contribution in [0.3, 0.4) is 0 Å². The van der Waals surface area contributed by atoms with E-state index in [0.29, 0.717) is 18.7 Å². The number of carbonyl (C=O) groups is 2. The first-order valence-corrected chi connectivity index (χ1v) is 10.0. The first kappa shape index (κ1) is 22.6. The monoisotopic (exact) mass is 395 g/mol. The molecule has 2 aromatic carbocycles. The highest BCUT2D eigenvalue weighted by Gasteiger charge is 2.14. The van der Waals surface area contributed by atoms with E-state index in [2.05, 4.69) is 48.4 Å². The minimum atomic E-state index is -0.158. The third kappa shape index (κ3) is 7.70. The van der Waals surface area contributed by atoms with Gasteiger partial charge in [-0.1, -0.05) is 57.2 Å². The van der Waals surface area contributed by atoms with E-state index in [9.17, 15) is 9.59 Å². The molecular weight excluding hydrogens is 362 g/mol. The van der Waals surface area contributed by atoms with Crippen molar-refractivity contribution < 1.29 is 9.59 Å². The zero-order valence-corrected chi connectivity index (χ0v) is 18.2. The fourth-order valence-corrected chi connectivity index (χ4v) is 2.93. The molecule has 2 amide bonds. The summed E-state index contributed by atoms with van der Waals surface area (Å²) >= 11 is 0. The predicted molar refractivity (Wildman–Crippen MR) is 118 cm³/mol. The number of hydrogen-bond donors (Lipinski definition) is 2. The molecule has 2 aromatic rings. The van der Waals surface area contributed by atoms with Crippen LogP contribution in [0.15, 0.2) is 48.5 Å². The number of benzene rings is 2. The Morgan fingerprint density at radius 1 is 0.862 bits per heavy atom. The molecular formula is C24H33N3O2. The number of nitrogens with one attached hydrogen (secondary N) is 2. The molecule has 0 bridgehead atoms. The molecule has 0 heterocycles. The minimum Gasteiger partial charge on any atom is -0.352 e. The van der Waals surface area contributed by atoms with Gasteiger partial charge in [0, 0.05) is 31.6 Å². The molecule has 0 spiro atoms. The van der Waals surface area contributed by atoms with Crippen molar-refractivity contribution in [1.82, 2.24) is 15.5 Å². The van der Waals surface area contributed by atoms with Crippen LogP contribution >= 0.6 is 0 Å². The van der Waals surface area contributed by atoms with Gasteiger partial charge in [-0.25, -0.2) is 0 Å². The average molecular weight is 396 g/mol. The average Bonchev–Trinajstić information content (AvgIpc) is 2.66. The van der Waals surface area contributed by atoms with E-state index in [0.717, 1.165) is 12.1 Å². The highest BCUT2D eigenvalue weighted by atomic mass is 16.2. The van der Waals surface area contributed by atoms with Crippen LogP contribution in [0.5, 0.6) is 0 Å². The van der Waals surface area contributed by atoms with E-state index in [-0.39, 0.29) is 23.7 Å². The van der Waals surface area contributed by atoms with E-state index >= 15 is 0 Å². The van der Waals surface area contributed by atoms with E-state index < -0.39 is 0 Å². The van der Waals surface area contributed by atoms with Gasteiger partial charge in [0.1, 0.15) is 0 Å². The van der Waals surface area contributed by atoms with Crippen molar-refractivity contribution >= 4 is 11.8 Å². The Kier molecular flexibility index (Phi) is 7.97. The Morgan fingerprint density at radius 3 is 2.00 bits per heavy atom. The summed E-state index contributed by atoms with van der Waals surface area (Å²) in [4.78, 5) is 26.4. The summed E-state index contributed by atoms with van der Waals surface area (Å²) in [5.41, 5.74) is 4.14. The highest BCUT2D eigenvalue weighted by Crippen LogP contribution is 2.22. The summed E-state index contributed by atoms with van der Waals surface area (Å²) in [6.07, 6.45) is 0.254. The molecule has 0 fully saturated rings. The number of carbonyl (C=O) groups excluding carboxylic acids is 2. The van der Waals surface area contributed by atoms with Crippen LogP contribution in [-0.2, 0) is 23.3 Å². The molecule has 0 radical (unpaired) electrons. The van der Waals surface area contributed by atoms with Gasteiger partial charge in [0.25, 0.3) is 5.91 Å². The van der Waals surface area contributed by atoms with E-state index in [1.165, 1.54) is 11.1 Å². The van der Waals surface area contributed by atoms with Gasteiger partial charge in [-0.15, -0.1) is 0 Å². The topological polar surface area (TPSA) is 61.4 Å². The number of hydrogen-bond acceptors (Lipinski definition) is 3. The predicted octanol–water partition coefficient (Wildman–Crippen LogP) is 3.48. The van der Waals surface area contributed by atoms with Gasteiger partial charge >= 0.3 is 0 Å². The quantitative estimate of drug-likeness (QED) is 0.719. The largest absolute Gasteiger partial charge is 0.352 e. The first-order chi connectivity index (χ1) is 13.6. The third-order valence-corrected chi connectivity index (χ3v) is 4.66. The fourth-order valence-electron chi connectivity index (χ4n) is 2.93. The zero-order valence-electron chi connectivity index (χ0n) is 18.2. The van der Waals surface area contributed by atoms with Crippen LogP contribution < -0.4 is 10.6 Å². The van der Waals surface area contributed by atoms with Gasteiger partial charge in [-0.05, 0) is 48.3 Å². The molecule has 2 rings (SSSR count). The third-order valence-electron chi connectivity index (χ3n) is 4.66. The molecule has 0 unspecified atom stereocenters. The Labute approximate surface area is 174 Å². The Bertz CT molecular complexity index is 804. The second-order valence-corrected chi connectivity index (χ2v) is 8.66. The van der Waals surface area contributed by atoms with E-state index in [1.807, 2.05) is 50.5 Å². The molecule has 0 saturated heterocycles. The lowest BCUT2D eigenvalue weighted by atomic mass is 9.87. The van der Waals surface area contributed by atoms with Gasteiger partial charge < -0.3 is 15.5 Å². The molecule has 156 valence electrons. The zero-order chi connectivity index (χ0) is 21.4. The van der Waals surface area contributed by atoms with Crippen LogP contribution in [0.4, 0.5) is 0 Å². The van der Waals surface area contributed by atoms with Crippen LogP contribution in [-0.4, -0.2) is 37.4 Å². The van der Waals surface area contributed by atoms with Crippen molar-refractivity contribution in [3.05, 3.63) is 70.8 Å². The summed E-state index contributed by atoms with van der Waals surface area (Å²) in [6, 6.07) is 15.8. The van der Waals surface area contributed by atoms with E-state index in [1.54, 1.807) is 0 Å².